The highest BCUT2D eigenvalue weighted by Gasteiger charge is 2.37. The highest BCUT2D eigenvalue weighted by atomic mass is 32.2. The molecule has 130 valence electrons. The van der Waals surface area contributed by atoms with Crippen molar-refractivity contribution in [2.24, 2.45) is 0 Å². The first-order valence-corrected chi connectivity index (χ1v) is 9.79. The Morgan fingerprint density at radius 3 is 2.75 bits per heavy atom. The van der Waals surface area contributed by atoms with Crippen LogP contribution in [0.5, 0.6) is 0 Å². The molecule has 2 aromatic rings. The number of benzene rings is 1. The van der Waals surface area contributed by atoms with Crippen LogP contribution in [0.4, 0.5) is 0 Å². The van der Waals surface area contributed by atoms with Crippen molar-refractivity contribution < 1.29 is 13.2 Å². The van der Waals surface area contributed by atoms with E-state index in [4.69, 9.17) is 4.74 Å². The van der Waals surface area contributed by atoms with Gasteiger partial charge in [0.25, 0.3) is 0 Å². The summed E-state index contributed by atoms with van der Waals surface area (Å²) < 4.78 is 33.4. The van der Waals surface area contributed by atoms with Crippen LogP contribution in [0.15, 0.2) is 36.5 Å². The number of imidazole rings is 1. The van der Waals surface area contributed by atoms with Crippen molar-refractivity contribution in [3.05, 3.63) is 42.4 Å². The molecule has 2 heterocycles. The molecule has 2 N–H and O–H groups in total. The Labute approximate surface area is 142 Å². The van der Waals surface area contributed by atoms with Crippen LogP contribution in [-0.2, 0) is 14.8 Å². The molecule has 7 heteroatoms. The molecular weight excluding hydrogens is 326 g/mol. The van der Waals surface area contributed by atoms with Crippen LogP contribution in [0.2, 0.25) is 0 Å². The highest BCUT2D eigenvalue weighted by molar-refractivity contribution is 7.90. The zero-order chi connectivity index (χ0) is 17.2. The minimum absolute atomic E-state index is 0.281. The number of rotatable bonds is 6. The summed E-state index contributed by atoms with van der Waals surface area (Å²) in [4.78, 5) is 7.62. The van der Waals surface area contributed by atoms with E-state index in [0.29, 0.717) is 25.3 Å². The van der Waals surface area contributed by atoms with E-state index >= 15 is 0 Å². The molecule has 3 rings (SSSR count). The molecule has 1 fully saturated rings. The summed E-state index contributed by atoms with van der Waals surface area (Å²) >= 11 is 0. The van der Waals surface area contributed by atoms with Crippen LogP contribution < -0.4 is 4.72 Å². The van der Waals surface area contributed by atoms with E-state index in [2.05, 4.69) is 14.7 Å². The molecule has 24 heavy (non-hydrogen) atoms. The molecule has 3 atom stereocenters. The van der Waals surface area contributed by atoms with Crippen molar-refractivity contribution in [2.45, 2.75) is 44.1 Å². The largest absolute Gasteiger partial charge is 0.377 e. The molecule has 0 aliphatic carbocycles. The van der Waals surface area contributed by atoms with Crippen LogP contribution in [0.1, 0.15) is 38.6 Å². The van der Waals surface area contributed by atoms with Gasteiger partial charge in [-0.25, -0.2) is 18.1 Å². The van der Waals surface area contributed by atoms with Crippen molar-refractivity contribution in [1.29, 1.82) is 0 Å². The molecule has 1 saturated heterocycles. The van der Waals surface area contributed by atoms with Gasteiger partial charge in [0, 0.05) is 6.61 Å². The van der Waals surface area contributed by atoms with Crippen molar-refractivity contribution in [2.75, 3.05) is 6.61 Å². The number of nitrogens with zero attached hydrogens (tertiary/aromatic N) is 1. The minimum atomic E-state index is -3.46. The predicted octanol–water partition coefficient (Wildman–Crippen LogP) is 2.62. The lowest BCUT2D eigenvalue weighted by molar-refractivity contribution is 0.126. The maximum Gasteiger partial charge on any atom is 0.217 e. The Hall–Kier alpha value is -1.70. The van der Waals surface area contributed by atoms with Gasteiger partial charge in [-0.3, -0.25) is 0 Å². The van der Waals surface area contributed by atoms with E-state index < -0.39 is 15.3 Å². The van der Waals surface area contributed by atoms with E-state index in [1.165, 1.54) is 0 Å². The van der Waals surface area contributed by atoms with Crippen LogP contribution in [0, 0.1) is 0 Å². The molecule has 0 unspecified atom stereocenters. The monoisotopic (exact) mass is 349 g/mol. The number of hydrogen-bond acceptors (Lipinski definition) is 4. The maximum absolute atomic E-state index is 12.6. The summed E-state index contributed by atoms with van der Waals surface area (Å²) in [6, 6.07) is 9.46. The first kappa shape index (κ1) is 17.1. The second kappa shape index (κ2) is 7.04. The van der Waals surface area contributed by atoms with Gasteiger partial charge in [-0.15, -0.1) is 0 Å². The Bertz CT molecular complexity index is 773. The maximum atomic E-state index is 12.6. The molecule has 1 aliphatic heterocycles. The minimum Gasteiger partial charge on any atom is -0.377 e. The van der Waals surface area contributed by atoms with Crippen LogP contribution in [0.25, 0.3) is 11.3 Å². The van der Waals surface area contributed by atoms with Crippen LogP contribution in [-0.4, -0.2) is 36.3 Å². The number of nitrogens with one attached hydrogen (secondary N) is 2. The Morgan fingerprint density at radius 2 is 2.12 bits per heavy atom. The van der Waals surface area contributed by atoms with Crippen LogP contribution in [0.3, 0.4) is 0 Å². The fourth-order valence-corrected chi connectivity index (χ4v) is 4.86. The van der Waals surface area contributed by atoms with Gasteiger partial charge >= 0.3 is 0 Å². The van der Waals surface area contributed by atoms with Crippen LogP contribution >= 0.6 is 0 Å². The smallest absolute Gasteiger partial charge is 0.217 e. The topological polar surface area (TPSA) is 84.1 Å². The number of aromatic amines is 1. The average Bonchev–Trinajstić information content (AvgIpc) is 3.23. The number of hydrogen-bond donors (Lipinski definition) is 2. The van der Waals surface area contributed by atoms with Gasteiger partial charge in [0.2, 0.25) is 10.0 Å². The predicted molar refractivity (Wildman–Crippen MR) is 92.9 cm³/mol. The van der Waals surface area contributed by atoms with E-state index in [-0.39, 0.29) is 12.1 Å². The van der Waals surface area contributed by atoms with E-state index in [0.717, 1.165) is 11.3 Å². The number of H-pyrrole nitrogens is 1. The third-order valence-electron chi connectivity index (χ3n) is 4.43. The number of ether oxygens (including phenoxy) is 1. The van der Waals surface area contributed by atoms with Crippen molar-refractivity contribution in [1.82, 2.24) is 14.7 Å². The third kappa shape index (κ3) is 3.53. The van der Waals surface area contributed by atoms with Gasteiger partial charge in [-0.2, -0.15) is 0 Å². The van der Waals surface area contributed by atoms with Gasteiger partial charge in [0.1, 0.15) is 11.1 Å². The Kier molecular flexibility index (Phi) is 5.03. The van der Waals surface area contributed by atoms with Gasteiger partial charge in [0.15, 0.2) is 0 Å². The summed E-state index contributed by atoms with van der Waals surface area (Å²) in [7, 11) is -3.46. The summed E-state index contributed by atoms with van der Waals surface area (Å²) in [5.74, 6) is 0.631. The molecule has 1 aromatic heterocycles. The van der Waals surface area contributed by atoms with Gasteiger partial charge < -0.3 is 9.72 Å². The first-order valence-electron chi connectivity index (χ1n) is 8.24. The lowest BCUT2D eigenvalue weighted by Crippen LogP contribution is -2.40. The second-order valence-corrected chi connectivity index (χ2v) is 8.01. The number of sulfonamides is 1. The fourth-order valence-electron chi connectivity index (χ4n) is 3.02. The molecular formula is C17H23N3O3S. The third-order valence-corrected chi connectivity index (χ3v) is 6.46. The standard InChI is InChI=1S/C17H23N3O3S/c1-3-14(20-24(21,22)16-9-10-23-12(16)2)17-18-11-15(19-17)13-7-5-4-6-8-13/h4-8,11-12,14,16,20H,3,9-10H2,1-2H3,(H,18,19)/t12-,14-,16+/m0/s1. The first-order chi connectivity index (χ1) is 11.5. The molecule has 0 radical (unpaired) electrons. The molecule has 6 nitrogen and oxygen atoms in total. The molecule has 0 amide bonds. The van der Waals surface area contributed by atoms with Gasteiger partial charge in [-0.05, 0) is 25.3 Å². The lowest BCUT2D eigenvalue weighted by Gasteiger charge is -2.20. The fraction of sp³-hybridized carbons (Fsp3) is 0.471. The van der Waals surface area contributed by atoms with E-state index in [1.807, 2.05) is 37.3 Å². The quantitative estimate of drug-likeness (QED) is 0.840. The van der Waals surface area contributed by atoms with Crippen molar-refractivity contribution >= 4 is 10.0 Å². The molecule has 0 bridgehead atoms. The average molecular weight is 349 g/mol. The Morgan fingerprint density at radius 1 is 1.38 bits per heavy atom. The zero-order valence-corrected chi connectivity index (χ0v) is 14.7. The normalized spacial score (nSPS) is 22.6. The summed E-state index contributed by atoms with van der Waals surface area (Å²) in [6.45, 7) is 4.23. The highest BCUT2D eigenvalue weighted by Crippen LogP contribution is 2.25. The molecule has 1 aromatic carbocycles. The van der Waals surface area contributed by atoms with E-state index in [9.17, 15) is 8.42 Å². The van der Waals surface area contributed by atoms with Crippen molar-refractivity contribution in [3.63, 3.8) is 0 Å². The van der Waals surface area contributed by atoms with Crippen molar-refractivity contribution in [3.8, 4) is 11.3 Å². The molecule has 0 saturated carbocycles. The summed E-state index contributed by atoms with van der Waals surface area (Å²) in [5, 5.41) is -0.505. The SMILES string of the molecule is CC[C@H](NS(=O)(=O)[C@@H]1CCO[C@H]1C)c1ncc(-c2ccccc2)[nH]1. The number of aromatic nitrogens is 2. The molecule has 1 aliphatic rings. The van der Waals surface area contributed by atoms with Gasteiger partial charge in [0.05, 0.1) is 24.0 Å². The van der Waals surface area contributed by atoms with E-state index in [1.54, 1.807) is 13.1 Å². The molecule has 0 spiro atoms. The zero-order valence-electron chi connectivity index (χ0n) is 13.9. The Balaban J connectivity index is 1.78. The lowest BCUT2D eigenvalue weighted by atomic mass is 10.2. The second-order valence-electron chi connectivity index (χ2n) is 6.07. The van der Waals surface area contributed by atoms with Gasteiger partial charge in [-0.1, -0.05) is 37.3 Å². The summed E-state index contributed by atoms with van der Waals surface area (Å²) in [5.41, 5.74) is 1.90. The summed E-state index contributed by atoms with van der Waals surface area (Å²) in [6.07, 6.45) is 2.60.